The summed E-state index contributed by atoms with van der Waals surface area (Å²) in [5.41, 5.74) is 0.242. The zero-order chi connectivity index (χ0) is 20.2. The lowest BCUT2D eigenvalue weighted by Gasteiger charge is -2.14. The minimum absolute atomic E-state index is 0.0119. The van der Waals surface area contributed by atoms with Crippen LogP contribution in [0.5, 0.6) is 0 Å². The Morgan fingerprint density at radius 1 is 1.15 bits per heavy atom. The number of amides is 1. The molecular formula is C18H19FN2O5S. The molecule has 1 atom stereocenters. The molecule has 0 aliphatic rings. The molecule has 0 fully saturated rings. The van der Waals surface area contributed by atoms with Crippen molar-refractivity contribution in [2.45, 2.75) is 24.8 Å². The summed E-state index contributed by atoms with van der Waals surface area (Å²) in [6.45, 7) is 2.99. The van der Waals surface area contributed by atoms with Gasteiger partial charge in [0.2, 0.25) is 0 Å². The molecule has 0 aliphatic carbocycles. The van der Waals surface area contributed by atoms with E-state index in [1.54, 1.807) is 6.92 Å². The van der Waals surface area contributed by atoms with Crippen LogP contribution in [0.15, 0.2) is 47.4 Å². The molecule has 27 heavy (non-hydrogen) atoms. The normalized spacial score (nSPS) is 12.1. The second kappa shape index (κ2) is 8.17. The summed E-state index contributed by atoms with van der Waals surface area (Å²) < 4.78 is 46.0. The van der Waals surface area contributed by atoms with Crippen LogP contribution in [0.3, 0.4) is 0 Å². The first-order chi connectivity index (χ1) is 12.7. The molecule has 9 heteroatoms. The Labute approximate surface area is 156 Å². The van der Waals surface area contributed by atoms with Crippen LogP contribution in [-0.2, 0) is 19.6 Å². The second-order valence-corrected chi connectivity index (χ2v) is 7.41. The maximum absolute atomic E-state index is 13.7. The molecule has 1 amide bonds. The standard InChI is InChI=1S/C18H19FN2O5S/c1-11-8-9-13(10-14(11)18(23)26-12(2)17(22)20-3)27(24,25)21-16-7-5-4-6-15(16)19/h4-10,12,21H,1-3H3,(H,20,22)/t12-/m0/s1. The summed E-state index contributed by atoms with van der Waals surface area (Å²) in [5.74, 6) is -2.07. The Morgan fingerprint density at radius 3 is 2.44 bits per heavy atom. The van der Waals surface area contributed by atoms with Gasteiger partial charge in [-0.25, -0.2) is 17.6 Å². The highest BCUT2D eigenvalue weighted by molar-refractivity contribution is 7.92. The Hall–Kier alpha value is -2.94. The van der Waals surface area contributed by atoms with Gasteiger partial charge in [0.1, 0.15) is 5.82 Å². The van der Waals surface area contributed by atoms with E-state index in [0.717, 1.165) is 12.1 Å². The zero-order valence-electron chi connectivity index (χ0n) is 14.9. The number of halogens is 1. The molecule has 0 unspecified atom stereocenters. The average molecular weight is 394 g/mol. The number of rotatable bonds is 6. The molecule has 0 radical (unpaired) electrons. The van der Waals surface area contributed by atoms with E-state index in [0.29, 0.717) is 5.56 Å². The Balaban J connectivity index is 2.32. The van der Waals surface area contributed by atoms with Gasteiger partial charge in [-0.2, -0.15) is 0 Å². The molecule has 2 aromatic carbocycles. The number of carbonyl (C=O) groups is 2. The largest absolute Gasteiger partial charge is 0.449 e. The van der Waals surface area contributed by atoms with Gasteiger partial charge < -0.3 is 10.1 Å². The number of hydrogen-bond donors (Lipinski definition) is 2. The Kier molecular flexibility index (Phi) is 6.17. The molecule has 0 aromatic heterocycles. The van der Waals surface area contributed by atoms with Gasteiger partial charge in [-0.3, -0.25) is 9.52 Å². The van der Waals surface area contributed by atoms with E-state index in [1.165, 1.54) is 44.3 Å². The fraction of sp³-hybridized carbons (Fsp3) is 0.222. The first-order valence-corrected chi connectivity index (χ1v) is 9.44. The van der Waals surface area contributed by atoms with Crippen LogP contribution in [0, 0.1) is 12.7 Å². The highest BCUT2D eigenvalue weighted by Gasteiger charge is 2.22. The summed E-state index contributed by atoms with van der Waals surface area (Å²) in [4.78, 5) is 23.6. The molecule has 0 spiro atoms. The lowest BCUT2D eigenvalue weighted by atomic mass is 10.1. The van der Waals surface area contributed by atoms with E-state index in [-0.39, 0.29) is 16.1 Å². The van der Waals surface area contributed by atoms with Gasteiger partial charge in [0.05, 0.1) is 16.1 Å². The van der Waals surface area contributed by atoms with E-state index in [2.05, 4.69) is 10.0 Å². The van der Waals surface area contributed by atoms with Gasteiger partial charge in [0.25, 0.3) is 15.9 Å². The summed E-state index contributed by atoms with van der Waals surface area (Å²) >= 11 is 0. The van der Waals surface area contributed by atoms with Crippen LogP contribution in [0.1, 0.15) is 22.8 Å². The molecule has 2 N–H and O–H groups in total. The third kappa shape index (κ3) is 4.82. The van der Waals surface area contributed by atoms with Crippen molar-refractivity contribution in [1.82, 2.24) is 5.32 Å². The number of sulfonamides is 1. The number of benzene rings is 2. The predicted molar refractivity (Wildman–Crippen MR) is 97.3 cm³/mol. The molecular weight excluding hydrogens is 375 g/mol. The number of anilines is 1. The average Bonchev–Trinajstić information content (AvgIpc) is 2.62. The lowest BCUT2D eigenvalue weighted by Crippen LogP contribution is -2.33. The Bertz CT molecular complexity index is 975. The zero-order valence-corrected chi connectivity index (χ0v) is 15.8. The van der Waals surface area contributed by atoms with Crippen molar-refractivity contribution < 1.29 is 27.1 Å². The SMILES string of the molecule is CNC(=O)[C@H](C)OC(=O)c1cc(S(=O)(=O)Nc2ccccc2F)ccc1C. The van der Waals surface area contributed by atoms with Crippen LogP contribution in [0.25, 0.3) is 0 Å². The van der Waals surface area contributed by atoms with Gasteiger partial charge in [0, 0.05) is 7.05 Å². The fourth-order valence-electron chi connectivity index (χ4n) is 2.22. The fourth-order valence-corrected chi connectivity index (χ4v) is 3.31. The van der Waals surface area contributed by atoms with Gasteiger partial charge in [-0.05, 0) is 43.7 Å². The van der Waals surface area contributed by atoms with Crippen LogP contribution < -0.4 is 10.0 Å². The number of hydrogen-bond acceptors (Lipinski definition) is 5. The smallest absolute Gasteiger partial charge is 0.339 e. The van der Waals surface area contributed by atoms with Crippen molar-refractivity contribution in [2.75, 3.05) is 11.8 Å². The molecule has 2 rings (SSSR count). The third-order valence-corrected chi connectivity index (χ3v) is 5.12. The summed E-state index contributed by atoms with van der Waals surface area (Å²) in [5, 5.41) is 2.35. The van der Waals surface area contributed by atoms with E-state index >= 15 is 0 Å². The maximum atomic E-state index is 13.7. The van der Waals surface area contributed by atoms with Crippen molar-refractivity contribution >= 4 is 27.6 Å². The quantitative estimate of drug-likeness (QED) is 0.732. The van der Waals surface area contributed by atoms with E-state index in [9.17, 15) is 22.4 Å². The van der Waals surface area contributed by atoms with Crippen molar-refractivity contribution in [3.63, 3.8) is 0 Å². The van der Waals surface area contributed by atoms with Crippen LogP contribution in [-0.4, -0.2) is 33.4 Å². The Morgan fingerprint density at radius 2 is 1.81 bits per heavy atom. The van der Waals surface area contributed by atoms with Crippen molar-refractivity contribution in [1.29, 1.82) is 0 Å². The molecule has 144 valence electrons. The van der Waals surface area contributed by atoms with Crippen LogP contribution in [0.4, 0.5) is 10.1 Å². The summed E-state index contributed by atoms with van der Waals surface area (Å²) in [7, 11) is -2.73. The van der Waals surface area contributed by atoms with Gasteiger partial charge >= 0.3 is 5.97 Å². The van der Waals surface area contributed by atoms with E-state index < -0.39 is 33.8 Å². The highest BCUT2D eigenvalue weighted by Crippen LogP contribution is 2.21. The highest BCUT2D eigenvalue weighted by atomic mass is 32.2. The lowest BCUT2D eigenvalue weighted by molar-refractivity contribution is -0.128. The summed E-state index contributed by atoms with van der Waals surface area (Å²) in [6, 6.07) is 9.16. The minimum atomic E-state index is -4.14. The van der Waals surface area contributed by atoms with Crippen molar-refractivity contribution in [3.8, 4) is 0 Å². The minimum Gasteiger partial charge on any atom is -0.449 e. The monoisotopic (exact) mass is 394 g/mol. The van der Waals surface area contributed by atoms with Crippen molar-refractivity contribution in [3.05, 3.63) is 59.4 Å². The van der Waals surface area contributed by atoms with Gasteiger partial charge in [-0.1, -0.05) is 18.2 Å². The van der Waals surface area contributed by atoms with Crippen molar-refractivity contribution in [2.24, 2.45) is 0 Å². The number of nitrogens with one attached hydrogen (secondary N) is 2. The summed E-state index contributed by atoms with van der Waals surface area (Å²) in [6.07, 6.45) is -1.04. The van der Waals surface area contributed by atoms with Gasteiger partial charge in [-0.15, -0.1) is 0 Å². The number of ether oxygens (including phenoxy) is 1. The third-order valence-electron chi connectivity index (χ3n) is 3.76. The molecule has 0 saturated carbocycles. The molecule has 0 bridgehead atoms. The molecule has 0 aliphatic heterocycles. The second-order valence-electron chi connectivity index (χ2n) is 5.72. The van der Waals surface area contributed by atoms with Crippen LogP contribution in [0.2, 0.25) is 0 Å². The molecule has 7 nitrogen and oxygen atoms in total. The van der Waals surface area contributed by atoms with E-state index in [4.69, 9.17) is 4.74 Å². The maximum Gasteiger partial charge on any atom is 0.339 e. The number of aryl methyl sites for hydroxylation is 1. The van der Waals surface area contributed by atoms with E-state index in [1.807, 2.05) is 0 Å². The topological polar surface area (TPSA) is 102 Å². The number of carbonyl (C=O) groups excluding carboxylic acids is 2. The number of likely N-dealkylation sites (N-methyl/N-ethyl adjacent to an activating group) is 1. The predicted octanol–water partition coefficient (Wildman–Crippen LogP) is 2.23. The van der Waals surface area contributed by atoms with Gasteiger partial charge in [0.15, 0.2) is 6.10 Å². The molecule has 2 aromatic rings. The number of para-hydroxylation sites is 1. The molecule has 0 saturated heterocycles. The molecule has 0 heterocycles. The number of esters is 1. The first-order valence-electron chi connectivity index (χ1n) is 7.96. The van der Waals surface area contributed by atoms with Crippen LogP contribution >= 0.6 is 0 Å². The first kappa shape index (κ1) is 20.4.